The maximum Gasteiger partial charge on any atom is -0.0181 e. The van der Waals surface area contributed by atoms with Crippen molar-refractivity contribution in [2.75, 3.05) is 0 Å². The van der Waals surface area contributed by atoms with Crippen molar-refractivity contribution in [3.05, 3.63) is 0 Å². The van der Waals surface area contributed by atoms with Gasteiger partial charge in [0, 0.05) is 0 Å². The van der Waals surface area contributed by atoms with E-state index in [1.54, 1.807) is 0 Å². The molecule has 0 aliphatic heterocycles. The summed E-state index contributed by atoms with van der Waals surface area (Å²) in [4.78, 5) is 0. The summed E-state index contributed by atoms with van der Waals surface area (Å²) in [5.74, 6) is 0. The maximum atomic E-state index is 3.00. The van der Waals surface area contributed by atoms with E-state index >= 15 is 0 Å². The van der Waals surface area contributed by atoms with Crippen molar-refractivity contribution in [3.8, 4) is 0 Å². The zero-order valence-electron chi connectivity index (χ0n) is 9.73. The van der Waals surface area contributed by atoms with Gasteiger partial charge in [0.2, 0.25) is 0 Å². The van der Waals surface area contributed by atoms with Gasteiger partial charge >= 0.3 is 0 Å². The molecule has 0 fully saturated rings. The lowest BCUT2D eigenvalue weighted by Gasteiger charge is -2.21. The van der Waals surface area contributed by atoms with Crippen molar-refractivity contribution < 1.29 is 0 Å². The molecule has 0 aromatic rings. The molecular weight excluding hydrogens is 175 g/mol. The van der Waals surface area contributed by atoms with Crippen LogP contribution in [0.25, 0.3) is 0 Å². The van der Waals surface area contributed by atoms with Crippen molar-refractivity contribution >= 4 is 9.24 Å². The Balaban J connectivity index is 3.16. The molecule has 0 rings (SSSR count). The predicted octanol–water partition coefficient (Wildman–Crippen LogP) is 4.78. The lowest BCUT2D eigenvalue weighted by atomic mass is 9.99. The highest BCUT2D eigenvalue weighted by molar-refractivity contribution is 7.18. The molecule has 0 heterocycles. The molecule has 0 saturated heterocycles. The minimum absolute atomic E-state index is 0.505. The van der Waals surface area contributed by atoms with Crippen LogP contribution in [0.2, 0.25) is 0 Å². The van der Waals surface area contributed by atoms with Gasteiger partial charge in [-0.25, -0.2) is 0 Å². The van der Waals surface area contributed by atoms with Crippen LogP contribution in [0, 0.1) is 0 Å². The predicted molar refractivity (Wildman–Crippen MR) is 66.4 cm³/mol. The van der Waals surface area contributed by atoms with Crippen LogP contribution in [0.1, 0.15) is 72.1 Å². The smallest absolute Gasteiger partial charge is 0.0181 e. The first-order valence-electron chi connectivity index (χ1n) is 5.91. The fourth-order valence-electron chi connectivity index (χ4n) is 1.49. The van der Waals surface area contributed by atoms with Gasteiger partial charge in [-0.05, 0) is 18.0 Å². The van der Waals surface area contributed by atoms with Crippen molar-refractivity contribution in [3.63, 3.8) is 0 Å². The first-order chi connectivity index (χ1) is 6.12. The minimum atomic E-state index is 0.505. The highest BCUT2D eigenvalue weighted by Gasteiger charge is 2.13. The first-order valence-corrected chi connectivity index (χ1v) is 6.49. The number of hydrogen-bond acceptors (Lipinski definition) is 0. The summed E-state index contributed by atoms with van der Waals surface area (Å²) in [6.45, 7) is 6.91. The third-order valence-corrected chi connectivity index (χ3v) is 3.61. The van der Waals surface area contributed by atoms with Gasteiger partial charge in [0.15, 0.2) is 0 Å². The van der Waals surface area contributed by atoms with Gasteiger partial charge in [0.05, 0.1) is 0 Å². The van der Waals surface area contributed by atoms with Crippen LogP contribution in [0.5, 0.6) is 0 Å². The molecule has 0 aliphatic rings. The van der Waals surface area contributed by atoms with E-state index in [9.17, 15) is 0 Å². The second-order valence-electron chi connectivity index (χ2n) is 4.53. The average molecular weight is 202 g/mol. The fourth-order valence-corrected chi connectivity index (χ4v) is 1.69. The van der Waals surface area contributed by atoms with Crippen LogP contribution in [-0.2, 0) is 0 Å². The van der Waals surface area contributed by atoms with Crippen molar-refractivity contribution in [2.45, 2.75) is 77.3 Å². The van der Waals surface area contributed by atoms with Gasteiger partial charge in [-0.3, -0.25) is 0 Å². The standard InChI is InChI=1S/C12H27P/c1-4-6-7-8-9-10-11-12(3,13)5-2/h4-11,13H2,1-3H3. The zero-order valence-corrected chi connectivity index (χ0v) is 10.9. The molecule has 0 radical (unpaired) electrons. The van der Waals surface area contributed by atoms with Crippen LogP contribution < -0.4 is 0 Å². The molecule has 0 saturated carbocycles. The zero-order chi connectivity index (χ0) is 10.2. The summed E-state index contributed by atoms with van der Waals surface area (Å²) in [6.07, 6.45) is 11.2. The Kier molecular flexibility index (Phi) is 8.06. The average Bonchev–Trinajstić information content (AvgIpc) is 2.11. The maximum absolute atomic E-state index is 3.00. The Morgan fingerprint density at radius 2 is 1.46 bits per heavy atom. The van der Waals surface area contributed by atoms with Gasteiger partial charge in [-0.15, -0.1) is 9.24 Å². The highest BCUT2D eigenvalue weighted by Crippen LogP contribution is 2.28. The third kappa shape index (κ3) is 8.75. The molecule has 0 bridgehead atoms. The Morgan fingerprint density at radius 3 is 2.00 bits per heavy atom. The van der Waals surface area contributed by atoms with Crippen molar-refractivity contribution in [2.24, 2.45) is 0 Å². The van der Waals surface area contributed by atoms with Gasteiger partial charge < -0.3 is 0 Å². The van der Waals surface area contributed by atoms with Crippen LogP contribution in [-0.4, -0.2) is 5.16 Å². The minimum Gasteiger partial charge on any atom is -0.131 e. The van der Waals surface area contributed by atoms with E-state index in [1.165, 1.54) is 51.4 Å². The summed E-state index contributed by atoms with van der Waals surface area (Å²) < 4.78 is 0. The molecule has 0 N–H and O–H groups in total. The summed E-state index contributed by atoms with van der Waals surface area (Å²) in [5, 5.41) is 0.505. The molecule has 2 atom stereocenters. The highest BCUT2D eigenvalue weighted by atomic mass is 31.0. The van der Waals surface area contributed by atoms with E-state index in [1.807, 2.05) is 0 Å². The Morgan fingerprint density at radius 1 is 0.923 bits per heavy atom. The topological polar surface area (TPSA) is 0 Å². The van der Waals surface area contributed by atoms with Crippen molar-refractivity contribution in [1.82, 2.24) is 0 Å². The number of unbranched alkanes of at least 4 members (excludes halogenated alkanes) is 5. The normalized spacial score (nSPS) is 15.7. The molecule has 0 spiro atoms. The van der Waals surface area contributed by atoms with Gasteiger partial charge in [0.25, 0.3) is 0 Å². The van der Waals surface area contributed by atoms with E-state index in [0.717, 1.165) is 0 Å². The molecule has 2 unspecified atom stereocenters. The van der Waals surface area contributed by atoms with E-state index in [-0.39, 0.29) is 0 Å². The van der Waals surface area contributed by atoms with E-state index in [4.69, 9.17) is 0 Å². The van der Waals surface area contributed by atoms with Crippen LogP contribution >= 0.6 is 9.24 Å². The van der Waals surface area contributed by atoms with Gasteiger partial charge in [0.1, 0.15) is 0 Å². The lowest BCUT2D eigenvalue weighted by molar-refractivity contribution is 0.508. The molecule has 0 aromatic heterocycles. The second-order valence-corrected chi connectivity index (χ2v) is 5.92. The molecule has 0 nitrogen and oxygen atoms in total. The fraction of sp³-hybridized carbons (Fsp3) is 1.00. The van der Waals surface area contributed by atoms with Crippen LogP contribution in [0.4, 0.5) is 0 Å². The number of rotatable bonds is 8. The van der Waals surface area contributed by atoms with E-state index < -0.39 is 0 Å². The van der Waals surface area contributed by atoms with Crippen LogP contribution in [0.15, 0.2) is 0 Å². The molecule has 80 valence electrons. The Labute approximate surface area is 87.1 Å². The van der Waals surface area contributed by atoms with E-state index in [2.05, 4.69) is 30.0 Å². The molecule has 1 heteroatoms. The van der Waals surface area contributed by atoms with Crippen molar-refractivity contribution in [1.29, 1.82) is 0 Å². The molecule has 0 amide bonds. The first kappa shape index (κ1) is 13.4. The van der Waals surface area contributed by atoms with E-state index in [0.29, 0.717) is 5.16 Å². The van der Waals surface area contributed by atoms with Gasteiger partial charge in [-0.1, -0.05) is 59.3 Å². The Bertz CT molecular complexity index is 108. The lowest BCUT2D eigenvalue weighted by Crippen LogP contribution is -2.12. The molecule has 13 heavy (non-hydrogen) atoms. The quantitative estimate of drug-likeness (QED) is 0.392. The Hall–Kier alpha value is 0.430. The molecule has 0 aromatic carbocycles. The summed E-state index contributed by atoms with van der Waals surface area (Å²) in [7, 11) is 3.00. The monoisotopic (exact) mass is 202 g/mol. The summed E-state index contributed by atoms with van der Waals surface area (Å²) in [6, 6.07) is 0. The SMILES string of the molecule is CCCCCCCCC(C)(P)CC. The van der Waals surface area contributed by atoms with Gasteiger partial charge in [-0.2, -0.15) is 0 Å². The number of hydrogen-bond donors (Lipinski definition) is 0. The van der Waals surface area contributed by atoms with Crippen LogP contribution in [0.3, 0.4) is 0 Å². The molecule has 0 aliphatic carbocycles. The summed E-state index contributed by atoms with van der Waals surface area (Å²) in [5.41, 5.74) is 0. The third-order valence-electron chi connectivity index (χ3n) is 2.91. The summed E-state index contributed by atoms with van der Waals surface area (Å²) >= 11 is 0. The molecular formula is C12H27P. The second kappa shape index (κ2) is 7.80. The largest absolute Gasteiger partial charge is 0.131 e.